The second-order valence-corrected chi connectivity index (χ2v) is 6.14. The van der Waals surface area contributed by atoms with Gasteiger partial charge in [0.15, 0.2) is 0 Å². The number of nitrogens with one attached hydrogen (secondary N) is 1. The molecule has 0 aliphatic rings. The van der Waals surface area contributed by atoms with Crippen molar-refractivity contribution in [2.75, 3.05) is 5.88 Å². The number of alkyl halides is 1. The lowest BCUT2D eigenvalue weighted by Crippen LogP contribution is -2.44. The van der Waals surface area contributed by atoms with Crippen LogP contribution in [0.15, 0.2) is 24.3 Å². The van der Waals surface area contributed by atoms with E-state index < -0.39 is 0 Å². The van der Waals surface area contributed by atoms with Crippen molar-refractivity contribution in [1.29, 1.82) is 0 Å². The molecule has 2 nitrogen and oxygen atoms in total. The molecular formula is C15H21ClFNO. The number of carbonyl (C=O) groups is 1. The summed E-state index contributed by atoms with van der Waals surface area (Å²) in [5, 5.41) is 3.00. The summed E-state index contributed by atoms with van der Waals surface area (Å²) in [6.07, 6.45) is 0.995. The van der Waals surface area contributed by atoms with Gasteiger partial charge in [0.25, 0.3) is 0 Å². The van der Waals surface area contributed by atoms with Gasteiger partial charge in [0.05, 0.1) is 6.42 Å². The van der Waals surface area contributed by atoms with Gasteiger partial charge < -0.3 is 5.32 Å². The minimum absolute atomic E-state index is 0.0344. The van der Waals surface area contributed by atoms with Gasteiger partial charge in [-0.25, -0.2) is 4.39 Å². The van der Waals surface area contributed by atoms with Crippen LogP contribution in [0, 0.1) is 11.2 Å². The first-order valence-electron chi connectivity index (χ1n) is 6.42. The summed E-state index contributed by atoms with van der Waals surface area (Å²) in [4.78, 5) is 12.0. The van der Waals surface area contributed by atoms with Gasteiger partial charge in [-0.2, -0.15) is 0 Å². The van der Waals surface area contributed by atoms with Gasteiger partial charge in [0.1, 0.15) is 5.82 Å². The topological polar surface area (TPSA) is 29.1 Å². The number of rotatable bonds is 5. The number of halogens is 2. The zero-order valence-corrected chi connectivity index (χ0v) is 12.4. The van der Waals surface area contributed by atoms with Crippen molar-refractivity contribution in [2.45, 2.75) is 39.7 Å². The van der Waals surface area contributed by atoms with Crippen LogP contribution in [0.1, 0.15) is 32.8 Å². The molecule has 0 aromatic heterocycles. The highest BCUT2D eigenvalue weighted by Gasteiger charge is 2.25. The van der Waals surface area contributed by atoms with Crippen LogP contribution < -0.4 is 5.32 Å². The van der Waals surface area contributed by atoms with E-state index in [1.165, 1.54) is 12.1 Å². The molecule has 1 rings (SSSR count). The molecule has 0 bridgehead atoms. The number of carbonyl (C=O) groups excluding carboxylic acids is 1. The van der Waals surface area contributed by atoms with E-state index in [0.717, 1.165) is 12.0 Å². The summed E-state index contributed by atoms with van der Waals surface area (Å²) >= 11 is 5.77. The van der Waals surface area contributed by atoms with Gasteiger partial charge in [-0.3, -0.25) is 4.79 Å². The van der Waals surface area contributed by atoms with E-state index in [4.69, 9.17) is 11.6 Å². The lowest BCUT2D eigenvalue weighted by atomic mass is 9.85. The van der Waals surface area contributed by atoms with Gasteiger partial charge >= 0.3 is 0 Å². The van der Waals surface area contributed by atoms with Gasteiger partial charge in [0.2, 0.25) is 5.91 Å². The Hall–Kier alpha value is -1.09. The van der Waals surface area contributed by atoms with E-state index in [-0.39, 0.29) is 29.6 Å². The minimum atomic E-state index is -0.293. The summed E-state index contributed by atoms with van der Waals surface area (Å²) < 4.78 is 12.8. The molecule has 0 saturated carbocycles. The number of hydrogen-bond acceptors (Lipinski definition) is 1. The minimum Gasteiger partial charge on any atom is -0.353 e. The standard InChI is InChI=1S/C15H21ClFNO/c1-15(2,3)13(8-9-16)18-14(19)10-11-4-6-12(17)7-5-11/h4-7,13H,8-10H2,1-3H3,(H,18,19). The smallest absolute Gasteiger partial charge is 0.224 e. The molecule has 1 N–H and O–H groups in total. The van der Waals surface area contributed by atoms with E-state index in [9.17, 15) is 9.18 Å². The van der Waals surface area contributed by atoms with Crippen LogP contribution in [0.5, 0.6) is 0 Å². The summed E-state index contributed by atoms with van der Waals surface area (Å²) in [5.41, 5.74) is 0.769. The van der Waals surface area contributed by atoms with Crippen molar-refractivity contribution in [3.8, 4) is 0 Å². The van der Waals surface area contributed by atoms with Crippen molar-refractivity contribution in [3.05, 3.63) is 35.6 Å². The molecule has 0 heterocycles. The van der Waals surface area contributed by atoms with Crippen molar-refractivity contribution in [1.82, 2.24) is 5.32 Å². The van der Waals surface area contributed by atoms with Crippen LogP contribution >= 0.6 is 11.6 Å². The maximum atomic E-state index is 12.8. The van der Waals surface area contributed by atoms with Crippen LogP contribution in [-0.2, 0) is 11.2 Å². The second kappa shape index (κ2) is 6.90. The molecule has 1 unspecified atom stereocenters. The molecule has 1 atom stereocenters. The molecule has 0 fully saturated rings. The Kier molecular flexibility index (Phi) is 5.80. The molecule has 106 valence electrons. The molecule has 0 aliphatic heterocycles. The molecule has 1 amide bonds. The molecule has 0 radical (unpaired) electrons. The molecule has 1 aromatic carbocycles. The average molecular weight is 286 g/mol. The van der Waals surface area contributed by atoms with Crippen LogP contribution in [0.25, 0.3) is 0 Å². The first-order chi connectivity index (χ1) is 8.82. The predicted molar refractivity (Wildman–Crippen MR) is 76.8 cm³/mol. The van der Waals surface area contributed by atoms with Crippen molar-refractivity contribution >= 4 is 17.5 Å². The predicted octanol–water partition coefficient (Wildman–Crippen LogP) is 3.53. The fourth-order valence-electron chi connectivity index (χ4n) is 1.86. The van der Waals surface area contributed by atoms with Gasteiger partial charge in [-0.1, -0.05) is 32.9 Å². The van der Waals surface area contributed by atoms with Crippen LogP contribution in [0.4, 0.5) is 4.39 Å². The maximum Gasteiger partial charge on any atom is 0.224 e. The third-order valence-corrected chi connectivity index (χ3v) is 3.27. The Bertz CT molecular complexity index is 411. The quantitative estimate of drug-likeness (QED) is 0.824. The zero-order valence-electron chi connectivity index (χ0n) is 11.7. The average Bonchev–Trinajstić information content (AvgIpc) is 2.30. The maximum absolute atomic E-state index is 12.8. The van der Waals surface area contributed by atoms with Crippen LogP contribution in [-0.4, -0.2) is 17.8 Å². The normalized spacial score (nSPS) is 13.1. The highest BCUT2D eigenvalue weighted by molar-refractivity contribution is 6.17. The lowest BCUT2D eigenvalue weighted by Gasteiger charge is -2.31. The molecule has 0 spiro atoms. The van der Waals surface area contributed by atoms with E-state index >= 15 is 0 Å². The van der Waals surface area contributed by atoms with E-state index in [0.29, 0.717) is 5.88 Å². The zero-order chi connectivity index (χ0) is 14.5. The second-order valence-electron chi connectivity index (χ2n) is 5.77. The van der Waals surface area contributed by atoms with Crippen molar-refractivity contribution in [3.63, 3.8) is 0 Å². The molecule has 19 heavy (non-hydrogen) atoms. The largest absolute Gasteiger partial charge is 0.353 e. The molecule has 1 aromatic rings. The van der Waals surface area contributed by atoms with Gasteiger partial charge in [-0.05, 0) is 29.5 Å². The third kappa shape index (κ3) is 5.60. The van der Waals surface area contributed by atoms with E-state index in [1.807, 2.05) is 0 Å². The summed E-state index contributed by atoms with van der Waals surface area (Å²) in [6, 6.07) is 6.02. The fourth-order valence-corrected chi connectivity index (χ4v) is 2.08. The Labute approximate surface area is 119 Å². The number of hydrogen-bond donors (Lipinski definition) is 1. The number of amides is 1. The Balaban J connectivity index is 2.60. The first-order valence-corrected chi connectivity index (χ1v) is 6.96. The summed E-state index contributed by atoms with van der Waals surface area (Å²) in [7, 11) is 0. The van der Waals surface area contributed by atoms with Crippen molar-refractivity contribution < 1.29 is 9.18 Å². The Morgan fingerprint density at radius 1 is 1.32 bits per heavy atom. The highest BCUT2D eigenvalue weighted by Crippen LogP contribution is 2.22. The fraction of sp³-hybridized carbons (Fsp3) is 0.533. The van der Waals surface area contributed by atoms with Crippen LogP contribution in [0.2, 0.25) is 0 Å². The van der Waals surface area contributed by atoms with Crippen LogP contribution in [0.3, 0.4) is 0 Å². The van der Waals surface area contributed by atoms with Gasteiger partial charge in [-0.15, -0.1) is 11.6 Å². The molecular weight excluding hydrogens is 265 g/mol. The Morgan fingerprint density at radius 3 is 2.37 bits per heavy atom. The molecule has 0 saturated heterocycles. The monoisotopic (exact) mass is 285 g/mol. The van der Waals surface area contributed by atoms with E-state index in [1.54, 1.807) is 12.1 Å². The van der Waals surface area contributed by atoms with Crippen molar-refractivity contribution in [2.24, 2.45) is 5.41 Å². The third-order valence-electron chi connectivity index (χ3n) is 3.06. The number of benzene rings is 1. The lowest BCUT2D eigenvalue weighted by molar-refractivity contribution is -0.121. The summed E-state index contributed by atoms with van der Waals surface area (Å²) in [6.45, 7) is 6.22. The van der Waals surface area contributed by atoms with Gasteiger partial charge in [0, 0.05) is 11.9 Å². The summed E-state index contributed by atoms with van der Waals surface area (Å²) in [5.74, 6) is 0.161. The molecule has 4 heteroatoms. The SMILES string of the molecule is CC(C)(C)C(CCCl)NC(=O)Cc1ccc(F)cc1. The van der Waals surface area contributed by atoms with E-state index in [2.05, 4.69) is 26.1 Å². The highest BCUT2D eigenvalue weighted by atomic mass is 35.5. The molecule has 0 aliphatic carbocycles. The Morgan fingerprint density at radius 2 is 1.89 bits per heavy atom. The first kappa shape index (κ1) is 16.0.